The van der Waals surface area contributed by atoms with E-state index in [1.807, 2.05) is 6.07 Å². The maximum atomic E-state index is 6.04. The molecule has 0 bridgehead atoms. The van der Waals surface area contributed by atoms with Gasteiger partial charge in [-0.1, -0.05) is 39.0 Å². The van der Waals surface area contributed by atoms with E-state index >= 15 is 0 Å². The van der Waals surface area contributed by atoms with Crippen LogP contribution in [0.5, 0.6) is 0 Å². The van der Waals surface area contributed by atoms with E-state index in [0.29, 0.717) is 10.6 Å². The monoisotopic (exact) mass is 336 g/mol. The number of nitrogens with zero attached hydrogens (tertiary/aromatic N) is 3. The number of allylic oxidation sites excluding steroid dienone is 1. The molecule has 128 valence electrons. The predicted octanol–water partition coefficient (Wildman–Crippen LogP) is 4.20. The van der Waals surface area contributed by atoms with Crippen molar-refractivity contribution in [2.45, 2.75) is 52.9 Å². The molecule has 0 unspecified atom stereocenters. The minimum absolute atomic E-state index is 0.363. The lowest BCUT2D eigenvalue weighted by atomic mass is 9.84. The van der Waals surface area contributed by atoms with Crippen LogP contribution in [0.2, 0.25) is 5.15 Å². The van der Waals surface area contributed by atoms with Gasteiger partial charge in [0.2, 0.25) is 0 Å². The molecule has 1 aromatic rings. The van der Waals surface area contributed by atoms with Crippen molar-refractivity contribution in [3.63, 3.8) is 0 Å². The Morgan fingerprint density at radius 2 is 2.13 bits per heavy atom. The minimum atomic E-state index is 0.363. The molecule has 2 aliphatic rings. The number of hydrogen-bond acceptors (Lipinski definition) is 4. The first-order chi connectivity index (χ1) is 10.9. The van der Waals surface area contributed by atoms with E-state index in [-0.39, 0.29) is 0 Å². The third-order valence-electron chi connectivity index (χ3n) is 4.30. The molecule has 0 aliphatic carbocycles. The SMILES string of the molecule is C=C1CCCN1.CCc1nc(Cl)cc(N2CCCC(C)(C)C2)n1. The van der Waals surface area contributed by atoms with Gasteiger partial charge in [-0.15, -0.1) is 0 Å². The summed E-state index contributed by atoms with van der Waals surface area (Å²) in [6.45, 7) is 13.7. The van der Waals surface area contributed by atoms with Crippen molar-refractivity contribution in [1.82, 2.24) is 15.3 Å². The summed E-state index contributed by atoms with van der Waals surface area (Å²) in [7, 11) is 0. The molecule has 2 saturated heterocycles. The number of piperidine rings is 1. The summed E-state index contributed by atoms with van der Waals surface area (Å²) < 4.78 is 0. The highest BCUT2D eigenvalue weighted by Crippen LogP contribution is 2.31. The first kappa shape index (κ1) is 18.1. The highest BCUT2D eigenvalue weighted by molar-refractivity contribution is 6.29. The second kappa shape index (κ2) is 8.00. The fourth-order valence-corrected chi connectivity index (χ4v) is 3.24. The summed E-state index contributed by atoms with van der Waals surface area (Å²) in [4.78, 5) is 11.1. The molecule has 0 radical (unpaired) electrons. The molecule has 0 atom stereocenters. The zero-order chi connectivity index (χ0) is 16.9. The van der Waals surface area contributed by atoms with Crippen LogP contribution in [0, 0.1) is 5.41 Å². The van der Waals surface area contributed by atoms with Crippen molar-refractivity contribution in [1.29, 1.82) is 0 Å². The van der Waals surface area contributed by atoms with Crippen LogP contribution in [0.4, 0.5) is 5.82 Å². The first-order valence-electron chi connectivity index (χ1n) is 8.60. The molecule has 4 nitrogen and oxygen atoms in total. The Morgan fingerprint density at radius 1 is 1.35 bits per heavy atom. The van der Waals surface area contributed by atoms with E-state index in [1.54, 1.807) is 0 Å². The minimum Gasteiger partial charge on any atom is -0.389 e. The number of rotatable bonds is 2. The Bertz CT molecular complexity index is 534. The van der Waals surface area contributed by atoms with Gasteiger partial charge in [-0.05, 0) is 31.1 Å². The summed E-state index contributed by atoms with van der Waals surface area (Å²) in [6, 6.07) is 1.88. The topological polar surface area (TPSA) is 41.1 Å². The summed E-state index contributed by atoms with van der Waals surface area (Å²) in [5, 5.41) is 3.68. The zero-order valence-electron chi connectivity index (χ0n) is 14.7. The number of aromatic nitrogens is 2. The highest BCUT2D eigenvalue weighted by Gasteiger charge is 2.27. The van der Waals surface area contributed by atoms with Crippen LogP contribution >= 0.6 is 11.6 Å². The summed E-state index contributed by atoms with van der Waals surface area (Å²) >= 11 is 6.04. The Labute approximate surface area is 145 Å². The van der Waals surface area contributed by atoms with Gasteiger partial charge >= 0.3 is 0 Å². The molecule has 1 N–H and O–H groups in total. The summed E-state index contributed by atoms with van der Waals surface area (Å²) in [5.74, 6) is 1.81. The predicted molar refractivity (Wildman–Crippen MR) is 98.0 cm³/mol. The summed E-state index contributed by atoms with van der Waals surface area (Å²) in [6.07, 6.45) is 5.78. The smallest absolute Gasteiger partial charge is 0.134 e. The van der Waals surface area contributed by atoms with Crippen molar-refractivity contribution in [2.75, 3.05) is 24.5 Å². The summed E-state index contributed by atoms with van der Waals surface area (Å²) in [5.41, 5.74) is 1.57. The van der Waals surface area contributed by atoms with Gasteiger partial charge in [-0.25, -0.2) is 9.97 Å². The number of halogens is 1. The van der Waals surface area contributed by atoms with Crippen LogP contribution in [0.15, 0.2) is 18.3 Å². The lowest BCUT2D eigenvalue weighted by Crippen LogP contribution is -2.40. The van der Waals surface area contributed by atoms with Gasteiger partial charge in [0.05, 0.1) is 0 Å². The standard InChI is InChI=1S/C13H20ClN3.C5H9N/c1-4-11-15-10(14)8-12(16-11)17-7-5-6-13(2,3)9-17;1-5-3-2-4-6-5/h8H,4-7,9H2,1-3H3;6H,1-4H2. The molecule has 0 amide bonds. The molecule has 5 heteroatoms. The van der Waals surface area contributed by atoms with Gasteiger partial charge < -0.3 is 10.2 Å². The Kier molecular flexibility index (Phi) is 6.28. The second-order valence-electron chi connectivity index (χ2n) is 7.14. The molecule has 3 rings (SSSR count). The van der Waals surface area contributed by atoms with Gasteiger partial charge in [-0.2, -0.15) is 0 Å². The van der Waals surface area contributed by atoms with Crippen LogP contribution < -0.4 is 10.2 Å². The number of nitrogens with one attached hydrogen (secondary N) is 1. The maximum absolute atomic E-state index is 6.04. The van der Waals surface area contributed by atoms with Crippen LogP contribution in [0.25, 0.3) is 0 Å². The fraction of sp³-hybridized carbons (Fsp3) is 0.667. The third kappa shape index (κ3) is 5.69. The molecule has 0 aromatic carbocycles. The maximum Gasteiger partial charge on any atom is 0.134 e. The van der Waals surface area contributed by atoms with E-state index in [1.165, 1.54) is 31.4 Å². The van der Waals surface area contributed by atoms with Crippen molar-refractivity contribution in [3.8, 4) is 0 Å². The van der Waals surface area contributed by atoms with E-state index in [4.69, 9.17) is 11.6 Å². The fourth-order valence-electron chi connectivity index (χ4n) is 3.05. The van der Waals surface area contributed by atoms with E-state index in [2.05, 4.69) is 47.5 Å². The number of hydrogen-bond donors (Lipinski definition) is 1. The zero-order valence-corrected chi connectivity index (χ0v) is 15.4. The molecule has 1 aromatic heterocycles. The lowest BCUT2D eigenvalue weighted by Gasteiger charge is -2.38. The van der Waals surface area contributed by atoms with Crippen molar-refractivity contribution in [3.05, 3.63) is 29.3 Å². The molecule has 23 heavy (non-hydrogen) atoms. The molecule has 0 spiro atoms. The molecular formula is C18H29ClN4. The second-order valence-corrected chi connectivity index (χ2v) is 7.53. The molecule has 2 aliphatic heterocycles. The van der Waals surface area contributed by atoms with Crippen LogP contribution in [-0.4, -0.2) is 29.6 Å². The third-order valence-corrected chi connectivity index (χ3v) is 4.49. The molecule has 2 fully saturated rings. The van der Waals surface area contributed by atoms with Crippen LogP contribution in [0.3, 0.4) is 0 Å². The average molecular weight is 337 g/mol. The number of aryl methyl sites for hydroxylation is 1. The van der Waals surface area contributed by atoms with Gasteiger partial charge in [0, 0.05) is 37.8 Å². The van der Waals surface area contributed by atoms with Gasteiger partial charge in [0.15, 0.2) is 0 Å². The molecule has 0 saturated carbocycles. The highest BCUT2D eigenvalue weighted by atomic mass is 35.5. The molecular weight excluding hydrogens is 308 g/mol. The Hall–Kier alpha value is -1.29. The van der Waals surface area contributed by atoms with Gasteiger partial charge in [0.1, 0.15) is 16.8 Å². The van der Waals surface area contributed by atoms with E-state index < -0.39 is 0 Å². The van der Waals surface area contributed by atoms with Gasteiger partial charge in [0.25, 0.3) is 0 Å². The van der Waals surface area contributed by atoms with E-state index in [9.17, 15) is 0 Å². The van der Waals surface area contributed by atoms with Crippen LogP contribution in [-0.2, 0) is 6.42 Å². The van der Waals surface area contributed by atoms with Crippen LogP contribution in [0.1, 0.15) is 52.3 Å². The van der Waals surface area contributed by atoms with E-state index in [0.717, 1.165) is 37.7 Å². The lowest BCUT2D eigenvalue weighted by molar-refractivity contribution is 0.292. The normalized spacial score (nSPS) is 19.8. The molecule has 3 heterocycles. The quantitative estimate of drug-likeness (QED) is 0.822. The van der Waals surface area contributed by atoms with Crippen molar-refractivity contribution >= 4 is 17.4 Å². The number of anilines is 1. The average Bonchev–Trinajstić information content (AvgIpc) is 2.97. The first-order valence-corrected chi connectivity index (χ1v) is 8.97. The van der Waals surface area contributed by atoms with Crippen molar-refractivity contribution in [2.24, 2.45) is 5.41 Å². The Balaban J connectivity index is 0.000000268. The largest absolute Gasteiger partial charge is 0.389 e. The Morgan fingerprint density at radius 3 is 2.65 bits per heavy atom. The van der Waals surface area contributed by atoms with Gasteiger partial charge in [-0.3, -0.25) is 0 Å². The van der Waals surface area contributed by atoms with Crippen molar-refractivity contribution < 1.29 is 0 Å².